The number of ether oxygens (including phenoxy) is 2. The fourth-order valence-corrected chi connectivity index (χ4v) is 3.73. The number of methoxy groups -OCH3 is 1. The van der Waals surface area contributed by atoms with E-state index in [1.54, 1.807) is 34.2 Å². The number of aryl methyl sites for hydroxylation is 1. The van der Waals surface area contributed by atoms with Gasteiger partial charge in [0.05, 0.1) is 29.4 Å². The molecule has 0 atom stereocenters. The van der Waals surface area contributed by atoms with Crippen molar-refractivity contribution in [3.8, 4) is 16.3 Å². The maximum atomic E-state index is 12.3. The molecule has 0 N–H and O–H groups in total. The number of tetrazole rings is 1. The summed E-state index contributed by atoms with van der Waals surface area (Å²) in [5.74, 6) is -0.672. The van der Waals surface area contributed by atoms with Crippen LogP contribution in [0.2, 0.25) is 0 Å². The van der Waals surface area contributed by atoms with Crippen LogP contribution in [0.1, 0.15) is 28.0 Å². The second-order valence-electron chi connectivity index (χ2n) is 6.14. The van der Waals surface area contributed by atoms with Crippen LogP contribution in [0.3, 0.4) is 0 Å². The average molecular weight is 412 g/mol. The zero-order chi connectivity index (χ0) is 20.5. The van der Waals surface area contributed by atoms with E-state index in [9.17, 15) is 9.59 Å². The van der Waals surface area contributed by atoms with E-state index in [-0.39, 0.29) is 6.61 Å². The molecule has 10 nitrogen and oxygen atoms in total. The van der Waals surface area contributed by atoms with Crippen LogP contribution in [0, 0.1) is 6.92 Å². The predicted molar refractivity (Wildman–Crippen MR) is 103 cm³/mol. The summed E-state index contributed by atoms with van der Waals surface area (Å²) >= 11 is 1.62. The number of imidazole rings is 1. The zero-order valence-corrected chi connectivity index (χ0v) is 16.6. The summed E-state index contributed by atoms with van der Waals surface area (Å²) < 4.78 is 13.1. The van der Waals surface area contributed by atoms with Crippen molar-refractivity contribution in [3.63, 3.8) is 0 Å². The first-order valence-electron chi connectivity index (χ1n) is 8.55. The topological polar surface area (TPSA) is 114 Å². The highest BCUT2D eigenvalue weighted by atomic mass is 32.1. The second-order valence-corrected chi connectivity index (χ2v) is 7.43. The van der Waals surface area contributed by atoms with Crippen LogP contribution < -0.4 is 0 Å². The van der Waals surface area contributed by atoms with Crippen LogP contribution in [0.15, 0.2) is 30.6 Å². The number of thiophene rings is 1. The highest BCUT2D eigenvalue weighted by molar-refractivity contribution is 7.15. The molecule has 0 amide bonds. The van der Waals surface area contributed by atoms with Crippen molar-refractivity contribution in [2.75, 3.05) is 7.11 Å². The van der Waals surface area contributed by atoms with Crippen molar-refractivity contribution in [1.82, 2.24) is 29.6 Å². The van der Waals surface area contributed by atoms with Crippen LogP contribution in [0.5, 0.6) is 0 Å². The van der Waals surface area contributed by atoms with E-state index in [1.807, 2.05) is 19.1 Å². The van der Waals surface area contributed by atoms with Gasteiger partial charge in [0.2, 0.25) is 0 Å². The molecule has 4 heterocycles. The summed E-state index contributed by atoms with van der Waals surface area (Å²) in [6.07, 6.45) is 3.39. The lowest BCUT2D eigenvalue weighted by Gasteiger charge is -2.10. The van der Waals surface area contributed by atoms with E-state index >= 15 is 0 Å². The monoisotopic (exact) mass is 412 g/mol. The molecule has 0 aliphatic carbocycles. The average Bonchev–Trinajstić information content (AvgIpc) is 3.43. The fraction of sp³-hybridized carbons (Fsp3) is 0.222. The maximum Gasteiger partial charge on any atom is 0.339 e. The number of carbonyl (C=O) groups excluding carboxylic acids is 2. The van der Waals surface area contributed by atoms with Crippen LogP contribution in [0.25, 0.3) is 21.9 Å². The van der Waals surface area contributed by atoms with Gasteiger partial charge < -0.3 is 9.47 Å². The SMILES string of the molecule is COC(=O)c1cc(-n2nnnc2COC(C)=O)c2ncc(-c3ccc(C)s3)n2c1. The van der Waals surface area contributed by atoms with Crippen LogP contribution in [-0.4, -0.2) is 48.6 Å². The summed E-state index contributed by atoms with van der Waals surface area (Å²) in [5, 5.41) is 11.6. The lowest BCUT2D eigenvalue weighted by Crippen LogP contribution is -2.11. The molecule has 0 aliphatic rings. The lowest BCUT2D eigenvalue weighted by molar-refractivity contribution is -0.142. The van der Waals surface area contributed by atoms with E-state index in [1.165, 1.54) is 18.7 Å². The molecule has 4 aromatic heterocycles. The molecule has 29 heavy (non-hydrogen) atoms. The number of nitrogens with zero attached hydrogens (tertiary/aromatic N) is 6. The summed E-state index contributed by atoms with van der Waals surface area (Å²) in [7, 11) is 1.31. The Morgan fingerprint density at radius 2 is 2.10 bits per heavy atom. The first kappa shape index (κ1) is 18.7. The largest absolute Gasteiger partial charge is 0.465 e. The van der Waals surface area contributed by atoms with Gasteiger partial charge >= 0.3 is 11.9 Å². The maximum absolute atomic E-state index is 12.3. The molecular weight excluding hydrogens is 396 g/mol. The van der Waals surface area contributed by atoms with Gasteiger partial charge in [-0.3, -0.25) is 9.20 Å². The first-order valence-corrected chi connectivity index (χ1v) is 9.37. The van der Waals surface area contributed by atoms with Gasteiger partial charge in [-0.25, -0.2) is 9.78 Å². The number of hydrogen-bond acceptors (Lipinski definition) is 9. The number of rotatable bonds is 5. The van der Waals surface area contributed by atoms with Crippen LogP contribution >= 0.6 is 11.3 Å². The van der Waals surface area contributed by atoms with E-state index in [2.05, 4.69) is 20.5 Å². The number of fused-ring (bicyclic) bond motifs is 1. The molecule has 0 radical (unpaired) electrons. The van der Waals surface area contributed by atoms with Crippen LogP contribution in [0.4, 0.5) is 0 Å². The van der Waals surface area contributed by atoms with Gasteiger partial charge in [-0.15, -0.1) is 16.4 Å². The normalized spacial score (nSPS) is 11.0. The molecule has 11 heteroatoms. The van der Waals surface area contributed by atoms with Gasteiger partial charge in [-0.2, -0.15) is 4.68 Å². The molecule has 0 aromatic carbocycles. The number of pyridine rings is 1. The van der Waals surface area contributed by atoms with E-state index in [0.29, 0.717) is 22.7 Å². The third-order valence-electron chi connectivity index (χ3n) is 4.17. The fourth-order valence-electron chi connectivity index (χ4n) is 2.86. The summed E-state index contributed by atoms with van der Waals surface area (Å²) in [5.41, 5.74) is 2.12. The number of hydrogen-bond donors (Lipinski definition) is 0. The Morgan fingerprint density at radius 1 is 1.28 bits per heavy atom. The van der Waals surface area contributed by atoms with E-state index < -0.39 is 11.9 Å². The number of aromatic nitrogens is 6. The molecule has 0 spiro atoms. The molecular formula is C18H16N6O4S. The first-order chi connectivity index (χ1) is 14.0. The Hall–Kier alpha value is -3.60. The quantitative estimate of drug-likeness (QED) is 0.458. The minimum Gasteiger partial charge on any atom is -0.465 e. The second kappa shape index (κ2) is 7.43. The van der Waals surface area contributed by atoms with Gasteiger partial charge in [-0.05, 0) is 35.5 Å². The van der Waals surface area contributed by atoms with E-state index in [0.717, 1.165) is 15.4 Å². The smallest absolute Gasteiger partial charge is 0.339 e. The lowest BCUT2D eigenvalue weighted by atomic mass is 10.2. The van der Waals surface area contributed by atoms with E-state index in [4.69, 9.17) is 9.47 Å². The molecule has 0 fully saturated rings. The third-order valence-corrected chi connectivity index (χ3v) is 5.19. The van der Waals surface area contributed by atoms with Crippen molar-refractivity contribution in [2.45, 2.75) is 20.5 Å². The minimum atomic E-state index is -0.509. The molecule has 4 aromatic rings. The number of esters is 2. The van der Waals surface area contributed by atoms with Crippen molar-refractivity contribution in [3.05, 3.63) is 46.9 Å². The predicted octanol–water partition coefficient (Wildman–Crippen LogP) is 2.20. The standard InChI is InChI=1S/C18H16N6O4S/c1-10-4-5-15(29-10)14-7-19-17-13(6-12(8-23(14)17)18(26)27-3)24-16(20-21-22-24)9-28-11(2)25/h4-8H,9H2,1-3H3. The van der Waals surface area contributed by atoms with Gasteiger partial charge in [0.25, 0.3) is 0 Å². The van der Waals surface area contributed by atoms with Gasteiger partial charge in [-0.1, -0.05) is 0 Å². The molecule has 148 valence electrons. The summed E-state index contributed by atoms with van der Waals surface area (Å²) in [6, 6.07) is 5.60. The van der Waals surface area contributed by atoms with Crippen molar-refractivity contribution in [1.29, 1.82) is 0 Å². The Balaban J connectivity index is 1.92. The minimum absolute atomic E-state index is 0.116. The molecule has 0 aliphatic heterocycles. The summed E-state index contributed by atoms with van der Waals surface area (Å²) in [4.78, 5) is 30.1. The number of carbonyl (C=O) groups is 2. The van der Waals surface area contributed by atoms with Gasteiger partial charge in [0.1, 0.15) is 5.69 Å². The molecule has 0 saturated heterocycles. The third kappa shape index (κ3) is 3.47. The molecule has 4 rings (SSSR count). The highest BCUT2D eigenvalue weighted by Gasteiger charge is 2.20. The Morgan fingerprint density at radius 3 is 2.79 bits per heavy atom. The van der Waals surface area contributed by atoms with Crippen molar-refractivity contribution in [2.24, 2.45) is 0 Å². The Bertz CT molecular complexity index is 1220. The van der Waals surface area contributed by atoms with Gasteiger partial charge in [0, 0.05) is 18.0 Å². The van der Waals surface area contributed by atoms with Gasteiger partial charge in [0.15, 0.2) is 18.1 Å². The summed E-state index contributed by atoms with van der Waals surface area (Å²) in [6.45, 7) is 3.20. The Kier molecular flexibility index (Phi) is 4.80. The van der Waals surface area contributed by atoms with Crippen LogP contribution in [-0.2, 0) is 20.9 Å². The Labute approximate surface area is 168 Å². The zero-order valence-electron chi connectivity index (χ0n) is 15.8. The van der Waals surface area contributed by atoms with Crippen molar-refractivity contribution < 1.29 is 19.1 Å². The molecule has 0 unspecified atom stereocenters. The van der Waals surface area contributed by atoms with Crippen molar-refractivity contribution >= 4 is 28.9 Å². The molecule has 0 saturated carbocycles. The highest BCUT2D eigenvalue weighted by Crippen LogP contribution is 2.30. The molecule has 0 bridgehead atoms.